The van der Waals surface area contributed by atoms with E-state index in [0.29, 0.717) is 71.0 Å². The van der Waals surface area contributed by atoms with Crippen molar-refractivity contribution in [1.82, 2.24) is 0 Å². The van der Waals surface area contributed by atoms with Gasteiger partial charge in [0.2, 0.25) is 0 Å². The van der Waals surface area contributed by atoms with Gasteiger partial charge in [-0.05, 0) is 0 Å². The number of allylic oxidation sites excluding steroid dienone is 1. The molecule has 11 rings (SSSR count). The first-order chi connectivity index (χ1) is 42.0. The van der Waals surface area contributed by atoms with Crippen LogP contribution < -0.4 is 7.16 Å². The minimum absolute atomic E-state index is 0.403. The zero-order valence-corrected chi connectivity index (χ0v) is 66.6. The van der Waals surface area contributed by atoms with Gasteiger partial charge >= 0.3 is 559 Å². The van der Waals surface area contributed by atoms with E-state index in [1.807, 2.05) is 7.16 Å². The molecule has 2 saturated heterocycles. The standard InChI is InChI=1S/2C36H49.C9H14.C6H10.2Sn/c2*1-21(2)29-17-31(23(5)6)35(32(18-29)24(7)8)27-14-13-15-28(16-27)36-33(25(9)10)19-30(22(3)4)20-34(36)26(11)12;1-2-6-9-7-4-3-5-8-9;1-5(2)6(3)4;;/h2*13-15,17-26H,1-12H3;1,9H,3-8H2;5-6H,1-4H2;;. The summed E-state index contributed by atoms with van der Waals surface area (Å²) < 4.78 is 15.3. The summed E-state index contributed by atoms with van der Waals surface area (Å²) in [6, 6.07) is 37.5. The summed E-state index contributed by atoms with van der Waals surface area (Å²) >= 11 is -7.73. The fourth-order valence-electron chi connectivity index (χ4n) is 18.3. The van der Waals surface area contributed by atoms with E-state index in [4.69, 9.17) is 0 Å². The zero-order valence-electron chi connectivity index (χ0n) is 60.9. The molecule has 89 heavy (non-hydrogen) atoms. The molecule has 0 aromatic heterocycles. The molecule has 4 heterocycles. The Labute approximate surface area is 554 Å². The maximum atomic E-state index is 3.47. The SMILES string of the molecule is CC(C)c1cc(C(C)C)c(-c2cccc(-c3c(C(C)C)cc(C(C)C)cc3C(C)C)[c]2[Sn]23[CH]=[C](CC4CCCCC4)[Sn]4([c]5c(-c6c(C(C)C)cc(C(C)C)cc6C(C)C)cccc5-c5c(C(C)C)cc(C(C)C)cc5C(C)C)[CH2]C([CH2]2)C([CH2]3)[CH2]4)c(C(C)C)c1. The first-order valence-electron chi connectivity index (χ1n) is 36.7. The van der Waals surface area contributed by atoms with Crippen LogP contribution in [0.25, 0.3) is 44.5 Å². The molecule has 5 aliphatic rings. The van der Waals surface area contributed by atoms with Crippen molar-refractivity contribution in [3.63, 3.8) is 0 Å². The van der Waals surface area contributed by atoms with Crippen LogP contribution in [0, 0.1) is 17.8 Å². The molecule has 1 saturated carbocycles. The van der Waals surface area contributed by atoms with Gasteiger partial charge in [-0.15, -0.1) is 0 Å². The van der Waals surface area contributed by atoms with Crippen LogP contribution in [0.2, 0.25) is 17.7 Å². The van der Waals surface area contributed by atoms with Crippen LogP contribution in [0.5, 0.6) is 0 Å². The van der Waals surface area contributed by atoms with Gasteiger partial charge in [-0.3, -0.25) is 0 Å². The Balaban J connectivity index is 1.43. The first-order valence-corrected chi connectivity index (χ1v) is 50.7. The Morgan fingerprint density at radius 2 is 0.573 bits per heavy atom. The molecule has 2 unspecified atom stereocenters. The summed E-state index contributed by atoms with van der Waals surface area (Å²) in [5, 5.41) is 0. The van der Waals surface area contributed by atoms with Crippen molar-refractivity contribution in [3.05, 3.63) is 159 Å². The molecule has 6 aromatic rings. The fraction of sp³-hybridized carbons (Fsp3) is 0.563. The summed E-state index contributed by atoms with van der Waals surface area (Å²) in [6.45, 7) is 59.6. The van der Waals surface area contributed by atoms with Gasteiger partial charge in [0.25, 0.3) is 0 Å². The molecule has 1 aliphatic carbocycles. The van der Waals surface area contributed by atoms with Gasteiger partial charge in [0, 0.05) is 0 Å². The molecule has 4 bridgehead atoms. The molecule has 478 valence electrons. The molecule has 2 atom stereocenters. The van der Waals surface area contributed by atoms with E-state index in [-0.39, 0.29) is 0 Å². The Kier molecular flexibility index (Phi) is 20.9. The van der Waals surface area contributed by atoms with Crippen LogP contribution in [-0.4, -0.2) is 36.8 Å². The normalized spacial score (nSPS) is 20.7. The molecular weight excluding hydrogens is 1280 g/mol. The molecule has 0 nitrogen and oxygen atoms in total. The monoisotopic (exact) mass is 1410 g/mol. The topological polar surface area (TPSA) is 0 Å². The molecule has 2 heteroatoms. The van der Waals surface area contributed by atoms with Gasteiger partial charge in [-0.25, -0.2) is 0 Å². The van der Waals surface area contributed by atoms with Crippen LogP contribution >= 0.6 is 0 Å². The minimum atomic E-state index is -3.90. The maximum absolute atomic E-state index is 3.90. The molecule has 4 aliphatic heterocycles. The van der Waals surface area contributed by atoms with Crippen molar-refractivity contribution in [3.8, 4) is 44.5 Å². The van der Waals surface area contributed by atoms with Crippen molar-refractivity contribution in [2.45, 2.75) is 293 Å². The molecule has 0 spiro atoms. The van der Waals surface area contributed by atoms with Gasteiger partial charge in [0.15, 0.2) is 0 Å². The zero-order chi connectivity index (χ0) is 64.6. The van der Waals surface area contributed by atoms with Crippen LogP contribution in [0.4, 0.5) is 0 Å². The van der Waals surface area contributed by atoms with E-state index >= 15 is 0 Å². The van der Waals surface area contributed by atoms with Crippen LogP contribution in [0.3, 0.4) is 0 Å². The van der Waals surface area contributed by atoms with Crippen molar-refractivity contribution in [2.24, 2.45) is 17.8 Å². The molecule has 3 fully saturated rings. The summed E-state index contributed by atoms with van der Waals surface area (Å²) in [7, 11) is 0. The Bertz CT molecular complexity index is 3250. The van der Waals surface area contributed by atoms with Gasteiger partial charge in [0.05, 0.1) is 0 Å². The number of rotatable bonds is 20. The molecular formula is C87H122Sn2. The second-order valence-electron chi connectivity index (χ2n) is 33.6. The van der Waals surface area contributed by atoms with Gasteiger partial charge in [-0.1, -0.05) is 0 Å². The van der Waals surface area contributed by atoms with Crippen LogP contribution in [0.15, 0.2) is 92.6 Å². The number of benzene rings is 6. The van der Waals surface area contributed by atoms with Crippen LogP contribution in [0.1, 0.15) is 342 Å². The third-order valence-electron chi connectivity index (χ3n) is 23.2. The second-order valence-corrected chi connectivity index (χ2v) is 56.5. The molecule has 0 amide bonds. The molecule has 6 aromatic carbocycles. The first kappa shape index (κ1) is 68.5. The van der Waals surface area contributed by atoms with Crippen molar-refractivity contribution in [1.29, 1.82) is 0 Å². The predicted octanol–water partition coefficient (Wildman–Crippen LogP) is 26.1. The Morgan fingerprint density at radius 1 is 0.315 bits per heavy atom. The third-order valence-corrected chi connectivity index (χ3v) is 55.3. The van der Waals surface area contributed by atoms with Gasteiger partial charge in [0.1, 0.15) is 0 Å². The van der Waals surface area contributed by atoms with Crippen LogP contribution in [-0.2, 0) is 0 Å². The average molecular weight is 1410 g/mol. The van der Waals surface area contributed by atoms with E-state index in [0.717, 1.165) is 17.8 Å². The van der Waals surface area contributed by atoms with Crippen molar-refractivity contribution < 1.29 is 0 Å². The van der Waals surface area contributed by atoms with E-state index in [9.17, 15) is 0 Å². The summed E-state index contributed by atoms with van der Waals surface area (Å²) in [4.78, 5) is 0. The van der Waals surface area contributed by atoms with Crippen molar-refractivity contribution in [2.75, 3.05) is 0 Å². The summed E-state index contributed by atoms with van der Waals surface area (Å²) in [6.07, 6.45) is 8.35. The Morgan fingerprint density at radius 3 is 0.820 bits per heavy atom. The number of hydrogen-bond donors (Lipinski definition) is 0. The van der Waals surface area contributed by atoms with E-state index < -0.39 is 36.8 Å². The fourth-order valence-corrected chi connectivity index (χ4v) is 69.6. The van der Waals surface area contributed by atoms with Gasteiger partial charge in [-0.2, -0.15) is 0 Å². The quantitative estimate of drug-likeness (QED) is 0.0669. The molecule has 0 radical (unpaired) electrons. The van der Waals surface area contributed by atoms with E-state index in [2.05, 4.69) is 259 Å². The Hall–Kier alpha value is -3.34. The number of hydrogen-bond acceptors (Lipinski definition) is 0. The second kappa shape index (κ2) is 27.2. The molecule has 0 N–H and O–H groups in total. The summed E-state index contributed by atoms with van der Waals surface area (Å²) in [5.74, 6) is 7.42. The van der Waals surface area contributed by atoms with E-state index in [1.54, 1.807) is 89.0 Å². The van der Waals surface area contributed by atoms with E-state index in [1.165, 1.54) is 78.5 Å². The summed E-state index contributed by atoms with van der Waals surface area (Å²) in [5.41, 5.74) is 31.7. The predicted molar refractivity (Wildman–Crippen MR) is 400 cm³/mol. The third kappa shape index (κ3) is 12.9. The van der Waals surface area contributed by atoms with Gasteiger partial charge < -0.3 is 0 Å². The average Bonchev–Trinajstić information content (AvgIpc) is 1.58. The van der Waals surface area contributed by atoms with Crippen molar-refractivity contribution >= 4 is 43.9 Å².